The lowest BCUT2D eigenvalue weighted by molar-refractivity contribution is 0.0602. The Morgan fingerprint density at radius 3 is 3.11 bits per heavy atom. The number of fused-ring (bicyclic) bond motifs is 3. The number of hydrogen-bond acceptors (Lipinski definition) is 4. The van der Waals surface area contributed by atoms with Gasteiger partial charge in [-0.2, -0.15) is 5.10 Å². The van der Waals surface area contributed by atoms with Gasteiger partial charge >= 0.3 is 5.97 Å². The van der Waals surface area contributed by atoms with Gasteiger partial charge in [0.1, 0.15) is 5.56 Å². The van der Waals surface area contributed by atoms with Gasteiger partial charge in [0.05, 0.1) is 13.3 Å². The van der Waals surface area contributed by atoms with Gasteiger partial charge in [-0.25, -0.2) is 14.3 Å². The van der Waals surface area contributed by atoms with Crippen LogP contribution >= 0.6 is 0 Å². The molecular weight excluding hydrogens is 230 g/mol. The topological polar surface area (TPSA) is 56.5 Å². The predicted molar refractivity (Wildman–Crippen MR) is 65.5 cm³/mol. The van der Waals surface area contributed by atoms with Crippen LogP contribution in [0.2, 0.25) is 0 Å². The molecule has 94 valence electrons. The van der Waals surface area contributed by atoms with E-state index in [2.05, 4.69) is 17.0 Å². The van der Waals surface area contributed by atoms with Gasteiger partial charge in [-0.3, -0.25) is 0 Å². The molecule has 0 radical (unpaired) electrons. The first-order valence-corrected chi connectivity index (χ1v) is 6.13. The number of methoxy groups -OCH3 is 1. The molecule has 0 amide bonds. The van der Waals surface area contributed by atoms with E-state index in [-0.39, 0.29) is 5.97 Å². The van der Waals surface area contributed by atoms with Crippen molar-refractivity contribution in [3.63, 3.8) is 0 Å². The molecule has 2 heterocycles. The number of rotatable bonds is 1. The van der Waals surface area contributed by atoms with E-state index < -0.39 is 0 Å². The quantitative estimate of drug-likeness (QED) is 0.717. The van der Waals surface area contributed by atoms with Crippen LogP contribution in [0.15, 0.2) is 12.4 Å². The molecule has 0 aliphatic heterocycles. The Labute approximate surface area is 105 Å². The fraction of sp³-hybridized carbons (Fsp3) is 0.462. The number of nitrogens with zero attached hydrogens (tertiary/aromatic N) is 3. The molecule has 1 atom stereocenters. The van der Waals surface area contributed by atoms with Crippen molar-refractivity contribution < 1.29 is 9.53 Å². The van der Waals surface area contributed by atoms with E-state index in [0.717, 1.165) is 19.3 Å². The maximum Gasteiger partial charge on any atom is 0.343 e. The molecule has 0 bridgehead atoms. The molecule has 0 unspecified atom stereocenters. The van der Waals surface area contributed by atoms with E-state index in [1.54, 1.807) is 4.52 Å². The molecule has 5 nitrogen and oxygen atoms in total. The van der Waals surface area contributed by atoms with Crippen molar-refractivity contribution in [1.82, 2.24) is 14.6 Å². The first-order valence-electron chi connectivity index (χ1n) is 6.13. The minimum absolute atomic E-state index is 0.387. The minimum Gasteiger partial charge on any atom is -0.465 e. The molecule has 0 saturated heterocycles. The van der Waals surface area contributed by atoms with Gasteiger partial charge in [-0.1, -0.05) is 6.92 Å². The Bertz CT molecular complexity index is 618. The SMILES string of the molecule is COC(=O)c1cnn2c3c(cnc12)C[C@@H](C)CC3. The van der Waals surface area contributed by atoms with Crippen LogP contribution in [0.4, 0.5) is 0 Å². The van der Waals surface area contributed by atoms with Crippen molar-refractivity contribution in [2.75, 3.05) is 7.11 Å². The third-order valence-corrected chi connectivity index (χ3v) is 3.56. The Morgan fingerprint density at radius 2 is 2.33 bits per heavy atom. The van der Waals surface area contributed by atoms with Crippen molar-refractivity contribution in [1.29, 1.82) is 0 Å². The van der Waals surface area contributed by atoms with Gasteiger partial charge in [0.15, 0.2) is 5.65 Å². The van der Waals surface area contributed by atoms with E-state index >= 15 is 0 Å². The molecule has 0 N–H and O–H groups in total. The number of carbonyl (C=O) groups excluding carboxylic acids is 1. The summed E-state index contributed by atoms with van der Waals surface area (Å²) in [5, 5.41) is 4.28. The van der Waals surface area contributed by atoms with Crippen molar-refractivity contribution >= 4 is 11.6 Å². The molecule has 1 aliphatic rings. The third-order valence-electron chi connectivity index (χ3n) is 3.56. The van der Waals surface area contributed by atoms with Crippen LogP contribution in [-0.2, 0) is 17.6 Å². The highest BCUT2D eigenvalue weighted by Crippen LogP contribution is 2.25. The Hall–Kier alpha value is -1.91. The number of aromatic nitrogens is 3. The average Bonchev–Trinajstić information content (AvgIpc) is 2.81. The van der Waals surface area contributed by atoms with Gasteiger partial charge in [0.2, 0.25) is 0 Å². The Kier molecular flexibility index (Phi) is 2.54. The number of hydrogen-bond donors (Lipinski definition) is 0. The third kappa shape index (κ3) is 1.58. The second-order valence-corrected chi connectivity index (χ2v) is 4.86. The van der Waals surface area contributed by atoms with Gasteiger partial charge < -0.3 is 4.74 Å². The molecule has 0 aromatic carbocycles. The Morgan fingerprint density at radius 1 is 1.50 bits per heavy atom. The van der Waals surface area contributed by atoms with Crippen molar-refractivity contribution in [3.05, 3.63) is 29.2 Å². The summed E-state index contributed by atoms with van der Waals surface area (Å²) in [7, 11) is 1.37. The number of esters is 1. The smallest absolute Gasteiger partial charge is 0.343 e. The van der Waals surface area contributed by atoms with E-state index in [9.17, 15) is 4.79 Å². The zero-order chi connectivity index (χ0) is 12.7. The summed E-state index contributed by atoms with van der Waals surface area (Å²) in [6.07, 6.45) is 6.57. The standard InChI is InChI=1S/C13H15N3O2/c1-8-3-4-11-9(5-8)6-14-12-10(13(17)18-2)7-15-16(11)12/h6-8H,3-5H2,1-2H3/t8-/m0/s1. The summed E-state index contributed by atoms with van der Waals surface area (Å²) < 4.78 is 6.52. The lowest BCUT2D eigenvalue weighted by Crippen LogP contribution is -2.16. The summed E-state index contributed by atoms with van der Waals surface area (Å²) in [4.78, 5) is 16.0. The predicted octanol–water partition coefficient (Wildman–Crippen LogP) is 1.64. The summed E-state index contributed by atoms with van der Waals surface area (Å²) in [5.41, 5.74) is 3.43. The van der Waals surface area contributed by atoms with Gasteiger partial charge in [-0.05, 0) is 30.7 Å². The maximum atomic E-state index is 11.6. The monoisotopic (exact) mass is 245 g/mol. The minimum atomic E-state index is -0.387. The molecule has 5 heteroatoms. The largest absolute Gasteiger partial charge is 0.465 e. The molecule has 0 saturated carbocycles. The Balaban J connectivity index is 2.17. The highest BCUT2D eigenvalue weighted by atomic mass is 16.5. The first-order chi connectivity index (χ1) is 8.70. The van der Waals surface area contributed by atoms with Crippen LogP contribution in [0.25, 0.3) is 5.65 Å². The average molecular weight is 245 g/mol. The van der Waals surface area contributed by atoms with E-state index in [4.69, 9.17) is 4.74 Å². The van der Waals surface area contributed by atoms with Gasteiger partial charge in [-0.15, -0.1) is 0 Å². The number of aryl methyl sites for hydroxylation is 1. The molecule has 0 spiro atoms. The number of carbonyl (C=O) groups is 1. The van der Waals surface area contributed by atoms with Crippen LogP contribution in [0.3, 0.4) is 0 Å². The van der Waals surface area contributed by atoms with Crippen LogP contribution in [-0.4, -0.2) is 27.7 Å². The van der Waals surface area contributed by atoms with E-state index in [0.29, 0.717) is 17.1 Å². The van der Waals surface area contributed by atoms with Gasteiger partial charge in [0, 0.05) is 11.9 Å². The summed E-state index contributed by atoms with van der Waals surface area (Å²) in [5.74, 6) is 0.300. The molecule has 3 rings (SSSR count). The summed E-state index contributed by atoms with van der Waals surface area (Å²) in [6.45, 7) is 2.25. The molecule has 18 heavy (non-hydrogen) atoms. The second kappa shape index (κ2) is 4.08. The van der Waals surface area contributed by atoms with Crippen molar-refractivity contribution in [3.8, 4) is 0 Å². The fourth-order valence-corrected chi connectivity index (χ4v) is 2.56. The van der Waals surface area contributed by atoms with Crippen LogP contribution < -0.4 is 0 Å². The van der Waals surface area contributed by atoms with Crippen molar-refractivity contribution in [2.24, 2.45) is 5.92 Å². The second-order valence-electron chi connectivity index (χ2n) is 4.86. The van der Waals surface area contributed by atoms with E-state index in [1.165, 1.54) is 24.6 Å². The van der Waals surface area contributed by atoms with Gasteiger partial charge in [0.25, 0.3) is 0 Å². The maximum absolute atomic E-state index is 11.6. The lowest BCUT2D eigenvalue weighted by Gasteiger charge is -2.21. The lowest BCUT2D eigenvalue weighted by atomic mass is 9.89. The normalized spacial score (nSPS) is 18.7. The molecule has 1 aliphatic carbocycles. The van der Waals surface area contributed by atoms with Crippen LogP contribution in [0.5, 0.6) is 0 Å². The highest BCUT2D eigenvalue weighted by Gasteiger charge is 2.22. The first kappa shape index (κ1) is 11.2. The summed E-state index contributed by atoms with van der Waals surface area (Å²) in [6, 6.07) is 0. The highest BCUT2D eigenvalue weighted by molar-refractivity contribution is 5.95. The molecule has 0 fully saturated rings. The van der Waals surface area contributed by atoms with Crippen LogP contribution in [0, 0.1) is 5.92 Å². The summed E-state index contributed by atoms with van der Waals surface area (Å²) >= 11 is 0. The molecule has 2 aromatic rings. The molecular formula is C13H15N3O2. The zero-order valence-electron chi connectivity index (χ0n) is 10.5. The van der Waals surface area contributed by atoms with E-state index in [1.807, 2.05) is 6.20 Å². The number of ether oxygens (including phenoxy) is 1. The molecule has 2 aromatic heterocycles. The zero-order valence-corrected chi connectivity index (χ0v) is 10.5. The fourth-order valence-electron chi connectivity index (χ4n) is 2.56. The van der Waals surface area contributed by atoms with Crippen LogP contribution in [0.1, 0.15) is 35.0 Å². The van der Waals surface area contributed by atoms with Crippen molar-refractivity contribution in [2.45, 2.75) is 26.2 Å².